The lowest BCUT2D eigenvalue weighted by Gasteiger charge is -2.43. The van der Waals surface area contributed by atoms with Crippen LogP contribution in [0.3, 0.4) is 0 Å². The quantitative estimate of drug-likeness (QED) is 0.144. The van der Waals surface area contributed by atoms with Crippen LogP contribution in [0.15, 0.2) is 91.0 Å². The van der Waals surface area contributed by atoms with Gasteiger partial charge in [0.05, 0.1) is 35.0 Å². The minimum absolute atomic E-state index is 0.0485. The zero-order valence-corrected chi connectivity index (χ0v) is 29.5. The van der Waals surface area contributed by atoms with E-state index in [1.54, 1.807) is 35.5 Å². The largest absolute Gasteiger partial charge is 0.493 e. The molecule has 1 aliphatic carbocycles. The molecule has 6 nitrogen and oxygen atoms in total. The van der Waals surface area contributed by atoms with Crippen molar-refractivity contribution in [1.82, 2.24) is 0 Å². The average molecular weight is 641 g/mol. The fourth-order valence-corrected chi connectivity index (χ4v) is 12.1. The third-order valence-corrected chi connectivity index (χ3v) is 14.6. The van der Waals surface area contributed by atoms with Crippen LogP contribution in [0.1, 0.15) is 55.7 Å². The Balaban J connectivity index is 1.59. The molecule has 3 atom stereocenters. The summed E-state index contributed by atoms with van der Waals surface area (Å²) < 4.78 is 36.2. The van der Waals surface area contributed by atoms with Crippen molar-refractivity contribution in [1.29, 1.82) is 0 Å². The van der Waals surface area contributed by atoms with Crippen LogP contribution < -0.4 is 29.3 Å². The third kappa shape index (κ3) is 6.16. The van der Waals surface area contributed by atoms with E-state index in [2.05, 4.69) is 106 Å². The van der Waals surface area contributed by atoms with Crippen LogP contribution >= 0.6 is 0 Å². The lowest BCUT2D eigenvalue weighted by Crippen LogP contribution is -2.66. The highest BCUT2D eigenvalue weighted by molar-refractivity contribution is 6.99. The number of ether oxygens (including phenoxy) is 5. The second-order valence-corrected chi connectivity index (χ2v) is 17.3. The van der Waals surface area contributed by atoms with Gasteiger partial charge in [0.1, 0.15) is 0 Å². The van der Waals surface area contributed by atoms with Gasteiger partial charge in [0.15, 0.2) is 23.0 Å². The third-order valence-electron chi connectivity index (χ3n) is 9.56. The predicted octanol–water partition coefficient (Wildman–Crippen LogP) is 7.18. The molecular formula is C39H48O6Si. The van der Waals surface area contributed by atoms with Crippen molar-refractivity contribution < 1.29 is 28.1 Å². The van der Waals surface area contributed by atoms with E-state index < -0.39 is 8.32 Å². The number of hydrogen-bond donors (Lipinski definition) is 0. The molecule has 0 N–H and O–H groups in total. The Hall–Kier alpha value is -3.78. The Labute approximate surface area is 275 Å². The van der Waals surface area contributed by atoms with Crippen LogP contribution in [-0.4, -0.2) is 57.1 Å². The van der Waals surface area contributed by atoms with Gasteiger partial charge in [0.2, 0.25) is 0 Å². The lowest BCUT2D eigenvalue weighted by molar-refractivity contribution is 0.129. The average Bonchev–Trinajstić information content (AvgIpc) is 3.37. The molecule has 0 saturated carbocycles. The molecule has 0 bridgehead atoms. The van der Waals surface area contributed by atoms with Crippen LogP contribution in [0.2, 0.25) is 5.04 Å². The molecule has 3 unspecified atom stereocenters. The topological polar surface area (TPSA) is 55.4 Å². The van der Waals surface area contributed by atoms with Gasteiger partial charge in [-0.3, -0.25) is 0 Å². The number of methoxy groups -OCH3 is 5. The molecule has 0 saturated heterocycles. The van der Waals surface area contributed by atoms with Crippen LogP contribution in [-0.2, 0) is 9.16 Å². The molecule has 0 radical (unpaired) electrons. The second kappa shape index (κ2) is 14.3. The van der Waals surface area contributed by atoms with Gasteiger partial charge >= 0.3 is 0 Å². The molecule has 46 heavy (non-hydrogen) atoms. The Morgan fingerprint density at radius 1 is 0.609 bits per heavy atom. The molecule has 244 valence electrons. The Morgan fingerprint density at radius 3 is 1.63 bits per heavy atom. The van der Waals surface area contributed by atoms with Gasteiger partial charge < -0.3 is 28.1 Å². The maximum Gasteiger partial charge on any atom is 0.261 e. The zero-order valence-electron chi connectivity index (χ0n) is 28.5. The number of fused-ring (bicyclic) bond motifs is 1. The summed E-state index contributed by atoms with van der Waals surface area (Å²) in [7, 11) is 5.81. The Morgan fingerprint density at radius 2 is 1.13 bits per heavy atom. The summed E-state index contributed by atoms with van der Waals surface area (Å²) in [5.41, 5.74) is 3.59. The van der Waals surface area contributed by atoms with Gasteiger partial charge in [-0.2, -0.15) is 0 Å². The number of hydrogen-bond acceptors (Lipinski definition) is 6. The SMILES string of the molecule is COCC1C(CCO[Si](c2ccccc2)(c2ccccc2)C(C)(C)C)c2cc(OC)c(OC)cc2C1c1ccc(OC)c(OC)c1. The summed E-state index contributed by atoms with van der Waals surface area (Å²) in [5.74, 6) is 3.21. The summed E-state index contributed by atoms with van der Waals surface area (Å²) in [6.45, 7) is 8.15. The predicted molar refractivity (Wildman–Crippen MR) is 187 cm³/mol. The molecule has 0 fully saturated rings. The number of benzene rings is 4. The molecule has 0 aliphatic heterocycles. The molecule has 0 heterocycles. The summed E-state index contributed by atoms with van der Waals surface area (Å²) >= 11 is 0. The monoisotopic (exact) mass is 640 g/mol. The Kier molecular flexibility index (Phi) is 10.5. The molecule has 0 spiro atoms. The van der Waals surface area contributed by atoms with E-state index in [1.165, 1.54) is 21.5 Å². The summed E-state index contributed by atoms with van der Waals surface area (Å²) in [4.78, 5) is 0. The smallest absolute Gasteiger partial charge is 0.261 e. The minimum atomic E-state index is -2.70. The summed E-state index contributed by atoms with van der Waals surface area (Å²) in [6, 6.07) is 32.2. The minimum Gasteiger partial charge on any atom is -0.493 e. The normalized spacial score (nSPS) is 17.8. The highest BCUT2D eigenvalue weighted by Gasteiger charge is 2.50. The van der Waals surface area contributed by atoms with Crippen molar-refractivity contribution in [2.24, 2.45) is 5.92 Å². The molecule has 0 amide bonds. The highest BCUT2D eigenvalue weighted by atomic mass is 28.4. The van der Waals surface area contributed by atoms with Crippen LogP contribution in [0.25, 0.3) is 0 Å². The van der Waals surface area contributed by atoms with E-state index in [0.717, 1.165) is 17.7 Å². The zero-order chi connectivity index (χ0) is 32.9. The fraction of sp³-hybridized carbons (Fsp3) is 0.385. The maximum absolute atomic E-state index is 7.38. The van der Waals surface area contributed by atoms with Crippen molar-refractivity contribution >= 4 is 18.7 Å². The fourth-order valence-electron chi connectivity index (χ4n) is 7.54. The van der Waals surface area contributed by atoms with Crippen LogP contribution in [0.4, 0.5) is 0 Å². The molecule has 0 aromatic heterocycles. The second-order valence-electron chi connectivity index (χ2n) is 13.0. The van der Waals surface area contributed by atoms with Crippen molar-refractivity contribution in [2.75, 3.05) is 48.8 Å². The first-order valence-electron chi connectivity index (χ1n) is 16.0. The van der Waals surface area contributed by atoms with E-state index in [1.807, 2.05) is 6.07 Å². The standard InChI is InChI=1S/C39H48O6Si/c1-39(2,3)46(28-15-11-9-12-16-28,29-17-13-10-14-18-29)45-22-21-30-31-24-36(43-7)37(44-8)25-32(31)38(33(30)26-40-4)27-19-20-34(41-5)35(23-27)42-6/h9-20,23-25,30,33,38H,21-22,26H2,1-8H3. The molecule has 4 aromatic carbocycles. The van der Waals surface area contributed by atoms with E-state index in [0.29, 0.717) is 30.5 Å². The van der Waals surface area contributed by atoms with Crippen molar-refractivity contribution in [3.63, 3.8) is 0 Å². The highest BCUT2D eigenvalue weighted by Crippen LogP contribution is 2.54. The molecule has 7 heteroatoms. The van der Waals surface area contributed by atoms with Gasteiger partial charge in [-0.15, -0.1) is 0 Å². The van der Waals surface area contributed by atoms with E-state index in [9.17, 15) is 0 Å². The number of rotatable bonds is 13. The van der Waals surface area contributed by atoms with E-state index >= 15 is 0 Å². The van der Waals surface area contributed by atoms with Gasteiger partial charge in [-0.05, 0) is 68.7 Å². The van der Waals surface area contributed by atoms with Gasteiger partial charge in [-0.1, -0.05) is 87.5 Å². The molecular weight excluding hydrogens is 593 g/mol. The summed E-state index contributed by atoms with van der Waals surface area (Å²) in [5, 5.41) is 2.46. The summed E-state index contributed by atoms with van der Waals surface area (Å²) in [6.07, 6.45) is 0.824. The maximum atomic E-state index is 7.38. The van der Waals surface area contributed by atoms with Crippen LogP contribution in [0, 0.1) is 5.92 Å². The van der Waals surface area contributed by atoms with Crippen molar-refractivity contribution in [3.05, 3.63) is 108 Å². The molecule has 5 rings (SSSR count). The lowest BCUT2D eigenvalue weighted by atomic mass is 9.81. The van der Waals surface area contributed by atoms with Crippen molar-refractivity contribution in [3.8, 4) is 23.0 Å². The first-order valence-corrected chi connectivity index (χ1v) is 17.9. The van der Waals surface area contributed by atoms with Crippen molar-refractivity contribution in [2.45, 2.75) is 44.1 Å². The first-order chi connectivity index (χ1) is 22.2. The van der Waals surface area contributed by atoms with Crippen LogP contribution in [0.5, 0.6) is 23.0 Å². The van der Waals surface area contributed by atoms with E-state index in [4.69, 9.17) is 28.1 Å². The molecule has 1 aliphatic rings. The Bertz CT molecular complexity index is 1540. The van der Waals surface area contributed by atoms with Gasteiger partial charge in [-0.25, -0.2) is 0 Å². The molecule has 4 aromatic rings. The van der Waals surface area contributed by atoms with E-state index in [-0.39, 0.29) is 22.8 Å². The first kappa shape index (κ1) is 33.6. The van der Waals surface area contributed by atoms with Gasteiger partial charge in [0.25, 0.3) is 8.32 Å². The van der Waals surface area contributed by atoms with Gasteiger partial charge in [0, 0.05) is 25.6 Å².